The van der Waals surface area contributed by atoms with Crippen LogP contribution in [0.4, 0.5) is 11.5 Å². The number of H-pyrrole nitrogens is 1. The van der Waals surface area contributed by atoms with Crippen molar-refractivity contribution in [1.82, 2.24) is 9.55 Å². The molecule has 0 spiro atoms. The number of aromatic nitrogens is 2. The molecule has 26 heavy (non-hydrogen) atoms. The molecule has 1 aliphatic heterocycles. The maximum absolute atomic E-state index is 12.8. The number of anilines is 2. The Morgan fingerprint density at radius 2 is 2.08 bits per heavy atom. The summed E-state index contributed by atoms with van der Waals surface area (Å²) in [6.07, 6.45) is 1.90. The van der Waals surface area contributed by atoms with E-state index in [1.165, 1.54) is 12.7 Å². The van der Waals surface area contributed by atoms with Gasteiger partial charge in [0, 0.05) is 19.3 Å². The van der Waals surface area contributed by atoms with Crippen LogP contribution in [0.5, 0.6) is 0 Å². The van der Waals surface area contributed by atoms with Gasteiger partial charge in [0.1, 0.15) is 11.4 Å². The minimum Gasteiger partial charge on any atom is -0.384 e. The molecule has 3 rings (SSSR count). The average Bonchev–Trinajstić information content (AvgIpc) is 2.61. The molecule has 0 saturated heterocycles. The lowest BCUT2D eigenvalue weighted by molar-refractivity contribution is 0.0997. The summed E-state index contributed by atoms with van der Waals surface area (Å²) in [6, 6.07) is 7.90. The second-order valence-electron chi connectivity index (χ2n) is 6.24. The number of para-hydroxylation sites is 1. The van der Waals surface area contributed by atoms with Crippen LogP contribution in [0, 0.1) is 0 Å². The summed E-state index contributed by atoms with van der Waals surface area (Å²) in [4.78, 5) is 41.1. The highest BCUT2D eigenvalue weighted by atomic mass is 16.5. The number of hydrogen-bond donors (Lipinski definition) is 2. The summed E-state index contributed by atoms with van der Waals surface area (Å²) >= 11 is 0. The normalized spacial score (nSPS) is 13.5. The second-order valence-corrected chi connectivity index (χ2v) is 6.24. The topological polar surface area (TPSA) is 110 Å². The van der Waals surface area contributed by atoms with Gasteiger partial charge in [-0.2, -0.15) is 0 Å². The Kier molecular flexibility index (Phi) is 5.22. The molecule has 0 fully saturated rings. The van der Waals surface area contributed by atoms with Crippen molar-refractivity contribution in [3.63, 3.8) is 0 Å². The Bertz CT molecular complexity index is 932. The van der Waals surface area contributed by atoms with E-state index in [9.17, 15) is 14.4 Å². The summed E-state index contributed by atoms with van der Waals surface area (Å²) in [5.74, 6) is -0.530. The zero-order valence-corrected chi connectivity index (χ0v) is 14.7. The van der Waals surface area contributed by atoms with E-state index in [-0.39, 0.29) is 31.1 Å². The molecule has 0 unspecified atom stereocenters. The largest absolute Gasteiger partial charge is 0.384 e. The van der Waals surface area contributed by atoms with Gasteiger partial charge in [-0.15, -0.1) is 0 Å². The SMILES string of the molecule is COCCn1c(N)c(C(=O)CN2CCCc3ccccc32)c(=O)[nH]c1=O. The van der Waals surface area contributed by atoms with Crippen LogP contribution in [-0.2, 0) is 17.7 Å². The van der Waals surface area contributed by atoms with Gasteiger partial charge in [0.25, 0.3) is 5.56 Å². The van der Waals surface area contributed by atoms with E-state index in [1.54, 1.807) is 0 Å². The van der Waals surface area contributed by atoms with E-state index in [0.717, 1.165) is 29.6 Å². The molecule has 0 radical (unpaired) electrons. The third kappa shape index (κ3) is 3.41. The van der Waals surface area contributed by atoms with Crippen LogP contribution in [0.2, 0.25) is 0 Å². The fourth-order valence-corrected chi connectivity index (χ4v) is 3.29. The lowest BCUT2D eigenvalue weighted by atomic mass is 10.0. The maximum Gasteiger partial charge on any atom is 0.330 e. The highest BCUT2D eigenvalue weighted by molar-refractivity contribution is 6.02. The first-order valence-electron chi connectivity index (χ1n) is 8.50. The Hall–Kier alpha value is -2.87. The summed E-state index contributed by atoms with van der Waals surface area (Å²) in [7, 11) is 1.49. The van der Waals surface area contributed by atoms with Gasteiger partial charge in [0.05, 0.1) is 19.7 Å². The number of hydrogen-bond acceptors (Lipinski definition) is 6. The highest BCUT2D eigenvalue weighted by Crippen LogP contribution is 2.26. The van der Waals surface area contributed by atoms with Crippen molar-refractivity contribution in [2.45, 2.75) is 19.4 Å². The third-order valence-electron chi connectivity index (χ3n) is 4.58. The first-order chi connectivity index (χ1) is 12.5. The number of fused-ring (bicyclic) bond motifs is 1. The number of ketones is 1. The van der Waals surface area contributed by atoms with Crippen molar-refractivity contribution in [2.24, 2.45) is 0 Å². The Morgan fingerprint density at radius 1 is 1.31 bits per heavy atom. The van der Waals surface area contributed by atoms with E-state index in [0.29, 0.717) is 0 Å². The predicted molar refractivity (Wildman–Crippen MR) is 98.9 cm³/mol. The van der Waals surface area contributed by atoms with Crippen molar-refractivity contribution in [3.05, 3.63) is 56.2 Å². The average molecular weight is 358 g/mol. The minimum atomic E-state index is -0.753. The van der Waals surface area contributed by atoms with Crippen molar-refractivity contribution >= 4 is 17.3 Å². The first kappa shape index (κ1) is 17.9. The fraction of sp³-hybridized carbons (Fsp3) is 0.389. The molecule has 0 atom stereocenters. The number of aromatic amines is 1. The number of rotatable bonds is 6. The molecule has 0 aliphatic carbocycles. The zero-order valence-electron chi connectivity index (χ0n) is 14.7. The predicted octanol–water partition coefficient (Wildman–Crippen LogP) is 0.401. The van der Waals surface area contributed by atoms with Crippen LogP contribution in [-0.4, -0.2) is 42.1 Å². The monoisotopic (exact) mass is 358 g/mol. The molecule has 8 nitrogen and oxygen atoms in total. The molecule has 138 valence electrons. The molecule has 2 heterocycles. The smallest absolute Gasteiger partial charge is 0.330 e. The first-order valence-corrected chi connectivity index (χ1v) is 8.50. The number of methoxy groups -OCH3 is 1. The van der Waals surface area contributed by atoms with Crippen molar-refractivity contribution in [1.29, 1.82) is 0 Å². The molecule has 0 bridgehead atoms. The van der Waals surface area contributed by atoms with Gasteiger partial charge in [0.2, 0.25) is 0 Å². The molecule has 1 aliphatic rings. The number of nitrogens with zero attached hydrogens (tertiary/aromatic N) is 2. The Balaban J connectivity index is 1.92. The van der Waals surface area contributed by atoms with Gasteiger partial charge < -0.3 is 15.4 Å². The van der Waals surface area contributed by atoms with Crippen molar-refractivity contribution < 1.29 is 9.53 Å². The van der Waals surface area contributed by atoms with Gasteiger partial charge in [0.15, 0.2) is 5.78 Å². The van der Waals surface area contributed by atoms with E-state index in [2.05, 4.69) is 4.98 Å². The summed E-state index contributed by atoms with van der Waals surface area (Å²) in [5, 5.41) is 0. The van der Waals surface area contributed by atoms with Crippen LogP contribution >= 0.6 is 0 Å². The lowest BCUT2D eigenvalue weighted by Gasteiger charge is -2.30. The van der Waals surface area contributed by atoms with Gasteiger partial charge in [-0.25, -0.2) is 4.79 Å². The fourth-order valence-electron chi connectivity index (χ4n) is 3.29. The molecule has 1 aromatic heterocycles. The molecule has 3 N–H and O–H groups in total. The van der Waals surface area contributed by atoms with Crippen LogP contribution in [0.1, 0.15) is 22.3 Å². The van der Waals surface area contributed by atoms with Crippen LogP contribution < -0.4 is 21.9 Å². The third-order valence-corrected chi connectivity index (χ3v) is 4.58. The quantitative estimate of drug-likeness (QED) is 0.723. The van der Waals surface area contributed by atoms with E-state index >= 15 is 0 Å². The Morgan fingerprint density at radius 3 is 2.85 bits per heavy atom. The maximum atomic E-state index is 12.8. The number of aryl methyl sites for hydroxylation is 1. The number of Topliss-reactive ketones (excluding diaryl/α,β-unsaturated/α-hetero) is 1. The van der Waals surface area contributed by atoms with Gasteiger partial charge in [-0.3, -0.25) is 19.1 Å². The van der Waals surface area contributed by atoms with Gasteiger partial charge >= 0.3 is 5.69 Å². The second kappa shape index (κ2) is 7.57. The molecular weight excluding hydrogens is 336 g/mol. The number of ether oxygens (including phenoxy) is 1. The van der Waals surface area contributed by atoms with Crippen LogP contribution in [0.25, 0.3) is 0 Å². The van der Waals surface area contributed by atoms with Crippen molar-refractivity contribution in [2.75, 3.05) is 37.4 Å². The molecule has 8 heteroatoms. The number of nitrogen functional groups attached to an aromatic ring is 1. The van der Waals surface area contributed by atoms with E-state index < -0.39 is 17.0 Å². The zero-order chi connectivity index (χ0) is 18.7. The molecule has 2 aromatic rings. The van der Waals surface area contributed by atoms with Crippen LogP contribution in [0.15, 0.2) is 33.9 Å². The molecular formula is C18H22N4O4. The summed E-state index contributed by atoms with van der Waals surface area (Å²) in [5.41, 5.74) is 6.57. The number of benzene rings is 1. The molecule has 1 aromatic carbocycles. The lowest BCUT2D eigenvalue weighted by Crippen LogP contribution is -2.40. The molecule has 0 amide bonds. The van der Waals surface area contributed by atoms with E-state index in [4.69, 9.17) is 10.5 Å². The standard InChI is InChI=1S/C18H22N4O4/c1-26-10-9-22-16(19)15(17(24)20-18(22)25)14(23)11-21-8-4-6-12-5-2-3-7-13(12)21/h2-3,5,7H,4,6,8-11,19H2,1H3,(H,20,24,25). The van der Waals surface area contributed by atoms with Gasteiger partial charge in [-0.1, -0.05) is 18.2 Å². The summed E-state index contributed by atoms with van der Waals surface area (Å²) in [6.45, 7) is 1.16. The number of nitrogens with one attached hydrogen (secondary N) is 1. The summed E-state index contributed by atoms with van der Waals surface area (Å²) < 4.78 is 6.10. The highest BCUT2D eigenvalue weighted by Gasteiger charge is 2.24. The Labute approximate surface area is 150 Å². The van der Waals surface area contributed by atoms with Crippen molar-refractivity contribution in [3.8, 4) is 0 Å². The van der Waals surface area contributed by atoms with Gasteiger partial charge in [-0.05, 0) is 24.5 Å². The number of carbonyl (C=O) groups is 1. The van der Waals surface area contributed by atoms with Crippen LogP contribution in [0.3, 0.4) is 0 Å². The van der Waals surface area contributed by atoms with E-state index in [1.807, 2.05) is 29.2 Å². The number of carbonyl (C=O) groups excluding carboxylic acids is 1. The number of nitrogens with two attached hydrogens (primary N) is 1. The molecule has 0 saturated carbocycles. The minimum absolute atomic E-state index is 0.0345.